The van der Waals surface area contributed by atoms with Gasteiger partial charge in [0, 0.05) is 24.1 Å². The maximum atomic E-state index is 12.1. The number of aromatic nitrogens is 1. The molecular weight excluding hydrogens is 226 g/mol. The van der Waals surface area contributed by atoms with Gasteiger partial charge in [0.15, 0.2) is 0 Å². The number of hydrogen-bond acceptors (Lipinski definition) is 2. The Morgan fingerprint density at radius 2 is 2.00 bits per heavy atom. The molecule has 0 N–H and O–H groups in total. The molecule has 0 spiro atoms. The summed E-state index contributed by atoms with van der Waals surface area (Å²) in [7, 11) is 1.99. The van der Waals surface area contributed by atoms with Gasteiger partial charge in [-0.3, -0.25) is 4.79 Å². The molecule has 1 heterocycles. The Bertz CT molecular complexity index is 581. The van der Waals surface area contributed by atoms with Crippen molar-refractivity contribution in [3.8, 4) is 0 Å². The van der Waals surface area contributed by atoms with Crippen LogP contribution < -0.4 is 0 Å². The minimum Gasteiger partial charge on any atom is -0.465 e. The lowest BCUT2D eigenvalue weighted by molar-refractivity contribution is -0.148. The van der Waals surface area contributed by atoms with Crippen molar-refractivity contribution < 1.29 is 9.53 Å². The summed E-state index contributed by atoms with van der Waals surface area (Å²) in [5.74, 6) is -0.179. The number of ether oxygens (including phenoxy) is 1. The van der Waals surface area contributed by atoms with Crippen molar-refractivity contribution >= 4 is 16.9 Å². The van der Waals surface area contributed by atoms with Crippen molar-refractivity contribution in [1.29, 1.82) is 0 Å². The molecule has 0 unspecified atom stereocenters. The molecular formula is C15H19NO2. The summed E-state index contributed by atoms with van der Waals surface area (Å²) in [6.07, 6.45) is 2.02. The molecule has 3 heteroatoms. The van der Waals surface area contributed by atoms with Crippen molar-refractivity contribution in [2.45, 2.75) is 26.2 Å². The molecule has 0 saturated heterocycles. The third kappa shape index (κ3) is 1.90. The van der Waals surface area contributed by atoms with E-state index in [1.165, 1.54) is 0 Å². The normalized spacial score (nSPS) is 11.8. The number of benzene rings is 1. The molecule has 1 aromatic heterocycles. The summed E-state index contributed by atoms with van der Waals surface area (Å²) in [5, 5.41) is 1.11. The first-order valence-corrected chi connectivity index (χ1v) is 6.20. The van der Waals surface area contributed by atoms with Crippen LogP contribution in [-0.2, 0) is 22.0 Å². The maximum absolute atomic E-state index is 12.1. The Labute approximate surface area is 107 Å². The molecule has 0 amide bonds. The predicted molar refractivity (Wildman–Crippen MR) is 72.6 cm³/mol. The predicted octanol–water partition coefficient (Wildman–Crippen LogP) is 3.02. The van der Waals surface area contributed by atoms with Crippen LogP contribution in [-0.4, -0.2) is 17.1 Å². The van der Waals surface area contributed by atoms with E-state index in [4.69, 9.17) is 4.74 Å². The number of carbonyl (C=O) groups is 1. The number of hydrogen-bond donors (Lipinski definition) is 0. The zero-order chi connectivity index (χ0) is 13.3. The van der Waals surface area contributed by atoms with E-state index in [1.54, 1.807) is 0 Å². The number of nitrogens with zero attached hydrogens (tertiary/aromatic N) is 1. The highest BCUT2D eigenvalue weighted by molar-refractivity contribution is 5.92. The number of rotatable bonds is 3. The first-order valence-electron chi connectivity index (χ1n) is 6.20. The zero-order valence-electron chi connectivity index (χ0n) is 11.4. The molecule has 0 atom stereocenters. The molecule has 0 aliphatic heterocycles. The summed E-state index contributed by atoms with van der Waals surface area (Å²) < 4.78 is 7.22. The molecule has 3 nitrogen and oxygen atoms in total. The number of esters is 1. The van der Waals surface area contributed by atoms with Gasteiger partial charge < -0.3 is 9.30 Å². The third-order valence-electron chi connectivity index (χ3n) is 3.36. The fourth-order valence-corrected chi connectivity index (χ4v) is 2.26. The fraction of sp³-hybridized carbons (Fsp3) is 0.400. The van der Waals surface area contributed by atoms with E-state index < -0.39 is 5.41 Å². The highest BCUT2D eigenvalue weighted by Gasteiger charge is 2.33. The molecule has 1 aromatic carbocycles. The lowest BCUT2D eigenvalue weighted by Crippen LogP contribution is -2.30. The van der Waals surface area contributed by atoms with Crippen LogP contribution in [0.4, 0.5) is 0 Å². The quantitative estimate of drug-likeness (QED) is 0.778. The van der Waals surface area contributed by atoms with Crippen LogP contribution in [0.2, 0.25) is 0 Å². The molecule has 0 aliphatic rings. The summed E-state index contributed by atoms with van der Waals surface area (Å²) >= 11 is 0. The van der Waals surface area contributed by atoms with E-state index in [2.05, 4.69) is 6.07 Å². The average molecular weight is 245 g/mol. The monoisotopic (exact) mass is 245 g/mol. The fourth-order valence-electron chi connectivity index (χ4n) is 2.26. The molecule has 0 aliphatic carbocycles. The van der Waals surface area contributed by atoms with Crippen LogP contribution in [0.25, 0.3) is 10.9 Å². The van der Waals surface area contributed by atoms with Gasteiger partial charge in [0.1, 0.15) is 0 Å². The van der Waals surface area contributed by atoms with Gasteiger partial charge in [-0.1, -0.05) is 18.2 Å². The third-order valence-corrected chi connectivity index (χ3v) is 3.36. The summed E-state index contributed by atoms with van der Waals surface area (Å²) in [4.78, 5) is 12.1. The summed E-state index contributed by atoms with van der Waals surface area (Å²) in [6, 6.07) is 8.10. The van der Waals surface area contributed by atoms with Crippen LogP contribution in [0.15, 0.2) is 30.5 Å². The molecule has 96 valence electrons. The smallest absolute Gasteiger partial charge is 0.316 e. The number of fused-ring (bicyclic) bond motifs is 1. The molecule has 2 rings (SSSR count). The van der Waals surface area contributed by atoms with Crippen molar-refractivity contribution in [2.75, 3.05) is 6.61 Å². The second kappa shape index (κ2) is 4.48. The van der Waals surface area contributed by atoms with Crippen LogP contribution in [0.1, 0.15) is 26.3 Å². The average Bonchev–Trinajstić information content (AvgIpc) is 2.68. The van der Waals surface area contributed by atoms with Gasteiger partial charge in [0.05, 0.1) is 12.0 Å². The van der Waals surface area contributed by atoms with E-state index in [0.717, 1.165) is 16.5 Å². The van der Waals surface area contributed by atoms with Crippen LogP contribution >= 0.6 is 0 Å². The van der Waals surface area contributed by atoms with Gasteiger partial charge in [-0.05, 0) is 32.4 Å². The van der Waals surface area contributed by atoms with E-state index in [9.17, 15) is 4.79 Å². The standard InChI is InChI=1S/C15H19NO2/c1-5-18-14(17)15(2,3)12-10-16(4)13-9-7-6-8-11(12)13/h6-10H,5H2,1-4H3. The first kappa shape index (κ1) is 12.7. The highest BCUT2D eigenvalue weighted by atomic mass is 16.5. The SMILES string of the molecule is CCOC(=O)C(C)(C)c1cn(C)c2ccccc12. The molecule has 18 heavy (non-hydrogen) atoms. The van der Waals surface area contributed by atoms with Gasteiger partial charge in [0.25, 0.3) is 0 Å². The number of aryl methyl sites for hydroxylation is 1. The second-order valence-corrected chi connectivity index (χ2v) is 5.02. The lowest BCUT2D eigenvalue weighted by Gasteiger charge is -2.21. The Hall–Kier alpha value is -1.77. The lowest BCUT2D eigenvalue weighted by atomic mass is 9.84. The first-order chi connectivity index (χ1) is 8.48. The van der Waals surface area contributed by atoms with Crippen molar-refractivity contribution in [2.24, 2.45) is 7.05 Å². The molecule has 0 radical (unpaired) electrons. The molecule has 0 fully saturated rings. The molecule has 0 bridgehead atoms. The van der Waals surface area contributed by atoms with Crippen molar-refractivity contribution in [1.82, 2.24) is 4.57 Å². The van der Waals surface area contributed by atoms with Gasteiger partial charge in [-0.25, -0.2) is 0 Å². The van der Waals surface area contributed by atoms with Crippen molar-refractivity contribution in [3.63, 3.8) is 0 Å². The largest absolute Gasteiger partial charge is 0.465 e. The molecule has 2 aromatic rings. The topological polar surface area (TPSA) is 31.2 Å². The summed E-state index contributed by atoms with van der Waals surface area (Å²) in [6.45, 7) is 6.06. The van der Waals surface area contributed by atoms with Gasteiger partial charge in [0.2, 0.25) is 0 Å². The Morgan fingerprint density at radius 3 is 2.67 bits per heavy atom. The number of para-hydroxylation sites is 1. The maximum Gasteiger partial charge on any atom is 0.316 e. The van der Waals surface area contributed by atoms with Crippen LogP contribution in [0, 0.1) is 0 Å². The highest BCUT2D eigenvalue weighted by Crippen LogP contribution is 2.32. The minimum absolute atomic E-state index is 0.179. The van der Waals surface area contributed by atoms with Gasteiger partial charge >= 0.3 is 5.97 Å². The number of carbonyl (C=O) groups excluding carboxylic acids is 1. The van der Waals surface area contributed by atoms with Gasteiger partial charge in [-0.2, -0.15) is 0 Å². The molecule has 0 saturated carbocycles. The van der Waals surface area contributed by atoms with Crippen LogP contribution in [0.5, 0.6) is 0 Å². The van der Waals surface area contributed by atoms with Gasteiger partial charge in [-0.15, -0.1) is 0 Å². The summed E-state index contributed by atoms with van der Waals surface area (Å²) in [5.41, 5.74) is 1.51. The Morgan fingerprint density at radius 1 is 1.33 bits per heavy atom. The minimum atomic E-state index is -0.628. The van der Waals surface area contributed by atoms with E-state index in [1.807, 2.05) is 56.8 Å². The Kier molecular flexibility index (Phi) is 3.16. The second-order valence-electron chi connectivity index (χ2n) is 5.02. The van der Waals surface area contributed by atoms with Crippen molar-refractivity contribution in [3.05, 3.63) is 36.0 Å². The zero-order valence-corrected chi connectivity index (χ0v) is 11.4. The van der Waals surface area contributed by atoms with E-state index >= 15 is 0 Å². The van der Waals surface area contributed by atoms with E-state index in [-0.39, 0.29) is 5.97 Å². The Balaban J connectivity index is 2.57. The van der Waals surface area contributed by atoms with E-state index in [0.29, 0.717) is 6.61 Å². The van der Waals surface area contributed by atoms with Crippen LogP contribution in [0.3, 0.4) is 0 Å².